The number of hydrogen-bond donors (Lipinski definition) is 0. The molecular weight excluding hydrogens is 476 g/mol. The lowest BCUT2D eigenvalue weighted by atomic mass is 10.0. The van der Waals surface area contributed by atoms with Gasteiger partial charge in [0, 0.05) is 19.3 Å². The molecule has 3 aromatic rings. The third-order valence-electron chi connectivity index (χ3n) is 5.59. The highest BCUT2D eigenvalue weighted by molar-refractivity contribution is 7.89. The van der Waals surface area contributed by atoms with Crippen LogP contribution in [0.25, 0.3) is 0 Å². The number of fused-ring (bicyclic) bond motifs is 1. The van der Waals surface area contributed by atoms with Crippen LogP contribution in [0.5, 0.6) is 5.75 Å². The third kappa shape index (κ3) is 6.59. The van der Waals surface area contributed by atoms with E-state index in [2.05, 4.69) is 11.1 Å². The Morgan fingerprint density at radius 1 is 0.972 bits per heavy atom. The van der Waals surface area contributed by atoms with E-state index >= 15 is 0 Å². The molecule has 0 saturated heterocycles. The molecule has 0 radical (unpaired) electrons. The zero-order valence-electron chi connectivity index (χ0n) is 20.7. The van der Waals surface area contributed by atoms with Gasteiger partial charge in [-0.3, -0.25) is 4.99 Å². The molecular formula is C28H30N2O5S. The van der Waals surface area contributed by atoms with E-state index in [1.807, 2.05) is 30.3 Å². The summed E-state index contributed by atoms with van der Waals surface area (Å²) in [6, 6.07) is 21.7. The van der Waals surface area contributed by atoms with Gasteiger partial charge in [-0.15, -0.1) is 0 Å². The van der Waals surface area contributed by atoms with E-state index in [1.165, 1.54) is 9.87 Å². The molecule has 4 rings (SSSR count). The smallest absolute Gasteiger partial charge is 0.344 e. The lowest BCUT2D eigenvalue weighted by molar-refractivity contribution is -0.157. The van der Waals surface area contributed by atoms with Crippen LogP contribution in [-0.4, -0.2) is 43.7 Å². The molecule has 0 N–H and O–H groups in total. The predicted molar refractivity (Wildman–Crippen MR) is 139 cm³/mol. The van der Waals surface area contributed by atoms with Crippen LogP contribution in [0.3, 0.4) is 0 Å². The Morgan fingerprint density at radius 3 is 2.31 bits per heavy atom. The summed E-state index contributed by atoms with van der Waals surface area (Å²) < 4.78 is 38.5. The maximum atomic E-state index is 13.1. The van der Waals surface area contributed by atoms with Crippen LogP contribution < -0.4 is 4.74 Å². The highest BCUT2D eigenvalue weighted by atomic mass is 32.2. The van der Waals surface area contributed by atoms with Crippen molar-refractivity contribution < 1.29 is 22.7 Å². The summed E-state index contributed by atoms with van der Waals surface area (Å²) in [5, 5.41) is 0. The topological polar surface area (TPSA) is 85.3 Å². The fraction of sp³-hybridized carbons (Fsp3) is 0.286. The van der Waals surface area contributed by atoms with Crippen LogP contribution in [0.2, 0.25) is 0 Å². The summed E-state index contributed by atoms with van der Waals surface area (Å²) in [5.74, 6) is 0.122. The number of carbonyl (C=O) groups is 1. The number of hydrogen-bond acceptors (Lipinski definition) is 6. The molecule has 0 saturated carbocycles. The second-order valence-electron chi connectivity index (χ2n) is 9.55. The summed E-state index contributed by atoms with van der Waals surface area (Å²) in [7, 11) is -3.58. The Labute approximate surface area is 212 Å². The molecule has 0 spiro atoms. The number of carbonyl (C=O) groups excluding carboxylic acids is 1. The number of benzene rings is 3. The van der Waals surface area contributed by atoms with Gasteiger partial charge in [0.2, 0.25) is 10.0 Å². The molecule has 7 nitrogen and oxygen atoms in total. The molecule has 0 aliphatic carbocycles. The normalized spacial score (nSPS) is 14.4. The molecule has 0 amide bonds. The molecule has 0 bridgehead atoms. The highest BCUT2D eigenvalue weighted by Crippen LogP contribution is 2.26. The van der Waals surface area contributed by atoms with Crippen LogP contribution in [0, 0.1) is 0 Å². The van der Waals surface area contributed by atoms with E-state index in [1.54, 1.807) is 63.4 Å². The van der Waals surface area contributed by atoms with Crippen LogP contribution in [0.1, 0.15) is 37.5 Å². The van der Waals surface area contributed by atoms with Crippen LogP contribution >= 0.6 is 0 Å². The SMILES string of the molecule is CC(C)(C)OC(=O)COc1ccc(C=Nc2ccc(S(=O)(=O)N3CCc4ccccc4C3)cc2)cc1. The Balaban J connectivity index is 1.35. The van der Waals surface area contributed by atoms with Gasteiger partial charge >= 0.3 is 5.97 Å². The highest BCUT2D eigenvalue weighted by Gasteiger charge is 2.28. The second-order valence-corrected chi connectivity index (χ2v) is 11.5. The van der Waals surface area contributed by atoms with Crippen molar-refractivity contribution in [2.45, 2.75) is 44.2 Å². The molecule has 1 heterocycles. The molecule has 1 aliphatic heterocycles. The maximum absolute atomic E-state index is 13.1. The van der Waals surface area contributed by atoms with Crippen LogP contribution in [0.15, 0.2) is 82.7 Å². The van der Waals surface area contributed by atoms with Crippen molar-refractivity contribution in [2.75, 3.05) is 13.2 Å². The van der Waals surface area contributed by atoms with Crippen molar-refractivity contribution in [1.29, 1.82) is 0 Å². The first-order valence-electron chi connectivity index (χ1n) is 11.8. The second kappa shape index (κ2) is 10.6. The van der Waals surface area contributed by atoms with Crippen LogP contribution in [-0.2, 0) is 32.5 Å². The van der Waals surface area contributed by atoms with Crippen LogP contribution in [0.4, 0.5) is 5.69 Å². The van der Waals surface area contributed by atoms with Crippen molar-refractivity contribution in [3.63, 3.8) is 0 Å². The van der Waals surface area contributed by atoms with Gasteiger partial charge in [-0.25, -0.2) is 13.2 Å². The van der Waals surface area contributed by atoms with Gasteiger partial charge in [0.15, 0.2) is 6.61 Å². The fourth-order valence-electron chi connectivity index (χ4n) is 3.84. The Morgan fingerprint density at radius 2 is 1.64 bits per heavy atom. The van der Waals surface area contributed by atoms with Crippen molar-refractivity contribution >= 4 is 27.9 Å². The zero-order chi connectivity index (χ0) is 25.8. The van der Waals surface area contributed by atoms with Gasteiger partial charge < -0.3 is 9.47 Å². The van der Waals surface area contributed by atoms with Crippen molar-refractivity contribution in [2.24, 2.45) is 4.99 Å². The minimum atomic E-state index is -3.58. The Hall–Kier alpha value is -3.49. The summed E-state index contributed by atoms with van der Waals surface area (Å²) in [6.07, 6.45) is 2.39. The van der Waals surface area contributed by atoms with Gasteiger partial charge in [-0.05, 0) is 92.4 Å². The molecule has 3 aromatic carbocycles. The molecule has 0 fully saturated rings. The average Bonchev–Trinajstić information content (AvgIpc) is 2.86. The molecule has 188 valence electrons. The average molecular weight is 507 g/mol. The summed E-state index contributed by atoms with van der Waals surface area (Å²) in [4.78, 5) is 16.5. The van der Waals surface area contributed by atoms with Crippen molar-refractivity contribution in [3.8, 4) is 5.75 Å². The largest absolute Gasteiger partial charge is 0.482 e. The first-order chi connectivity index (χ1) is 17.1. The molecule has 0 unspecified atom stereocenters. The summed E-state index contributed by atoms with van der Waals surface area (Å²) >= 11 is 0. The molecule has 0 atom stereocenters. The van der Waals surface area contributed by atoms with E-state index in [9.17, 15) is 13.2 Å². The van der Waals surface area contributed by atoms with Gasteiger partial charge in [0.25, 0.3) is 0 Å². The van der Waals surface area contributed by atoms with E-state index < -0.39 is 21.6 Å². The quantitative estimate of drug-likeness (QED) is 0.336. The van der Waals surface area contributed by atoms with Gasteiger partial charge in [0.1, 0.15) is 11.4 Å². The molecule has 1 aliphatic rings. The van der Waals surface area contributed by atoms with Gasteiger partial charge in [-0.2, -0.15) is 4.31 Å². The summed E-state index contributed by atoms with van der Waals surface area (Å²) in [5.41, 5.74) is 3.18. The number of rotatable bonds is 7. The molecule has 8 heteroatoms. The number of nitrogens with zero attached hydrogens (tertiary/aromatic N) is 2. The first kappa shape index (κ1) is 25.6. The Kier molecular flexibility index (Phi) is 7.56. The fourth-order valence-corrected chi connectivity index (χ4v) is 5.26. The minimum absolute atomic E-state index is 0.163. The molecule has 36 heavy (non-hydrogen) atoms. The number of sulfonamides is 1. The monoisotopic (exact) mass is 506 g/mol. The predicted octanol–water partition coefficient (Wildman–Crippen LogP) is 4.90. The van der Waals surface area contributed by atoms with E-state index in [0.717, 1.165) is 11.1 Å². The van der Waals surface area contributed by atoms with Gasteiger partial charge in [-0.1, -0.05) is 24.3 Å². The van der Waals surface area contributed by atoms with Crippen molar-refractivity contribution in [1.82, 2.24) is 4.31 Å². The van der Waals surface area contributed by atoms with E-state index in [0.29, 0.717) is 30.9 Å². The minimum Gasteiger partial charge on any atom is -0.482 e. The number of esters is 1. The number of aliphatic imine (C=N–C) groups is 1. The zero-order valence-corrected chi connectivity index (χ0v) is 21.5. The maximum Gasteiger partial charge on any atom is 0.344 e. The Bertz CT molecular complexity index is 1340. The molecule has 0 aromatic heterocycles. The third-order valence-corrected chi connectivity index (χ3v) is 7.45. The summed E-state index contributed by atoms with van der Waals surface area (Å²) in [6.45, 7) is 6.11. The van der Waals surface area contributed by atoms with E-state index in [4.69, 9.17) is 9.47 Å². The first-order valence-corrected chi connectivity index (χ1v) is 13.2. The van der Waals surface area contributed by atoms with E-state index in [-0.39, 0.29) is 11.5 Å². The lowest BCUT2D eigenvalue weighted by Gasteiger charge is -2.28. The standard InChI is InChI=1S/C28H30N2O5S/c1-28(2,3)35-27(31)20-34-25-12-8-21(9-13-25)18-29-24-10-14-26(15-11-24)36(32,33)30-17-16-22-6-4-5-7-23(22)19-30/h4-15,18H,16-17,19-20H2,1-3H3. The van der Waals surface area contributed by atoms with Crippen molar-refractivity contribution in [3.05, 3.63) is 89.5 Å². The lowest BCUT2D eigenvalue weighted by Crippen LogP contribution is -2.35. The number of ether oxygens (including phenoxy) is 2. The van der Waals surface area contributed by atoms with Gasteiger partial charge in [0.05, 0.1) is 10.6 Å².